The number of hydrogen-bond donors (Lipinski definition) is 1. The standard InChI is InChI=1S/C26H31N5O3S.C8H18/c1-33-18-11-16-7-8-17(12-18)31(16)24-22-20(19-5-3-4-6-21(19)34-2)14-35-25(22)29-26(28-24)30-10-9-15(13-30)23(27)32;1-3-5-7-8-6-4-2/h3-6,14-18H,7-13H2,1-2H3,(H2,27,32);3-8H2,1-2H3. The molecular weight excluding hydrogens is 558 g/mol. The summed E-state index contributed by atoms with van der Waals surface area (Å²) in [5.41, 5.74) is 7.76. The largest absolute Gasteiger partial charge is 0.496 e. The van der Waals surface area contributed by atoms with Crippen molar-refractivity contribution in [3.63, 3.8) is 0 Å². The van der Waals surface area contributed by atoms with Gasteiger partial charge in [0.15, 0.2) is 0 Å². The topological polar surface area (TPSA) is 93.8 Å². The van der Waals surface area contributed by atoms with Gasteiger partial charge >= 0.3 is 0 Å². The van der Waals surface area contributed by atoms with E-state index < -0.39 is 0 Å². The summed E-state index contributed by atoms with van der Waals surface area (Å²) in [4.78, 5) is 27.6. The molecule has 0 spiro atoms. The third kappa shape index (κ3) is 6.93. The van der Waals surface area contributed by atoms with Gasteiger partial charge in [0.2, 0.25) is 11.9 Å². The number of benzene rings is 1. The van der Waals surface area contributed by atoms with Crippen LogP contribution in [0.4, 0.5) is 11.8 Å². The quantitative estimate of drug-likeness (QED) is 0.231. The van der Waals surface area contributed by atoms with Crippen LogP contribution in [0.25, 0.3) is 21.3 Å². The number of ether oxygens (including phenoxy) is 2. The molecule has 234 valence electrons. The maximum atomic E-state index is 11.8. The first-order valence-electron chi connectivity index (χ1n) is 16.3. The van der Waals surface area contributed by atoms with Crippen molar-refractivity contribution in [3.05, 3.63) is 29.6 Å². The number of piperidine rings is 1. The van der Waals surface area contributed by atoms with Gasteiger partial charge in [0.25, 0.3) is 0 Å². The Morgan fingerprint density at radius 3 is 2.28 bits per heavy atom. The van der Waals surface area contributed by atoms with Gasteiger partial charge in [-0.25, -0.2) is 4.98 Å². The van der Waals surface area contributed by atoms with E-state index in [0.29, 0.717) is 30.7 Å². The summed E-state index contributed by atoms with van der Waals surface area (Å²) in [5.74, 6) is 2.13. The number of fused-ring (bicyclic) bond motifs is 3. The van der Waals surface area contributed by atoms with Crippen molar-refractivity contribution in [1.29, 1.82) is 0 Å². The van der Waals surface area contributed by atoms with Crippen LogP contribution in [0.3, 0.4) is 0 Å². The van der Waals surface area contributed by atoms with Gasteiger partial charge in [-0.1, -0.05) is 70.6 Å². The second-order valence-electron chi connectivity index (χ2n) is 12.2. The van der Waals surface area contributed by atoms with Gasteiger partial charge < -0.3 is 25.0 Å². The molecule has 3 unspecified atom stereocenters. The molecule has 6 rings (SSSR count). The Morgan fingerprint density at radius 1 is 0.977 bits per heavy atom. The molecule has 3 saturated heterocycles. The summed E-state index contributed by atoms with van der Waals surface area (Å²) < 4.78 is 11.5. The Kier molecular flexibility index (Phi) is 10.8. The van der Waals surface area contributed by atoms with Crippen LogP contribution >= 0.6 is 11.3 Å². The average molecular weight is 608 g/mol. The number of thiophene rings is 1. The van der Waals surface area contributed by atoms with Crippen molar-refractivity contribution in [2.24, 2.45) is 11.7 Å². The Labute approximate surface area is 261 Å². The van der Waals surface area contributed by atoms with E-state index in [2.05, 4.69) is 35.1 Å². The number of unbranched alkanes of at least 4 members (excludes halogenated alkanes) is 5. The molecule has 3 aliphatic rings. The molecular formula is C34H49N5O3S. The molecule has 8 nitrogen and oxygen atoms in total. The van der Waals surface area contributed by atoms with Gasteiger partial charge in [0.1, 0.15) is 16.4 Å². The summed E-state index contributed by atoms with van der Waals surface area (Å²) >= 11 is 1.64. The predicted octanol–water partition coefficient (Wildman–Crippen LogP) is 7.19. The SMILES string of the molecule is CCCCCCCC.COc1ccccc1-c1csc2nc(N3CCC(C(N)=O)C3)nc(N3C4CCC3CC(OC)C4)c12. The van der Waals surface area contributed by atoms with E-state index in [1.54, 1.807) is 18.4 Å². The van der Waals surface area contributed by atoms with Crippen molar-refractivity contribution >= 4 is 39.2 Å². The fourth-order valence-electron chi connectivity index (χ4n) is 7.00. The van der Waals surface area contributed by atoms with E-state index in [0.717, 1.165) is 71.6 Å². The molecule has 0 aliphatic carbocycles. The molecule has 2 bridgehead atoms. The van der Waals surface area contributed by atoms with Gasteiger partial charge in [0, 0.05) is 48.8 Å². The van der Waals surface area contributed by atoms with Crippen LogP contribution in [0.2, 0.25) is 0 Å². The number of carbonyl (C=O) groups excluding carboxylic acids is 1. The second-order valence-corrected chi connectivity index (χ2v) is 13.1. The Hall–Kier alpha value is -2.91. The van der Waals surface area contributed by atoms with Crippen LogP contribution in [-0.2, 0) is 9.53 Å². The van der Waals surface area contributed by atoms with Crippen molar-refractivity contribution in [2.75, 3.05) is 37.1 Å². The number of amides is 1. The van der Waals surface area contributed by atoms with Crippen LogP contribution in [0.15, 0.2) is 29.6 Å². The summed E-state index contributed by atoms with van der Waals surface area (Å²) in [5, 5.41) is 3.26. The van der Waals surface area contributed by atoms with Gasteiger partial charge in [0.05, 0.1) is 24.5 Å². The highest BCUT2D eigenvalue weighted by molar-refractivity contribution is 7.17. The smallest absolute Gasteiger partial charge is 0.228 e. The molecule has 1 aromatic carbocycles. The number of primary amides is 1. The Bertz CT molecular complexity index is 1340. The third-order valence-electron chi connectivity index (χ3n) is 9.40. The number of para-hydroxylation sites is 1. The molecule has 3 fully saturated rings. The normalized spacial score (nSPS) is 23.0. The van der Waals surface area contributed by atoms with Crippen LogP contribution in [-0.4, -0.2) is 61.4 Å². The second kappa shape index (κ2) is 14.7. The van der Waals surface area contributed by atoms with E-state index in [4.69, 9.17) is 25.2 Å². The molecule has 5 heterocycles. The summed E-state index contributed by atoms with van der Waals surface area (Å²) in [7, 11) is 3.53. The molecule has 3 aromatic rings. The zero-order chi connectivity index (χ0) is 30.3. The first-order valence-corrected chi connectivity index (χ1v) is 17.1. The third-order valence-corrected chi connectivity index (χ3v) is 10.3. The minimum absolute atomic E-state index is 0.154. The number of carbonyl (C=O) groups is 1. The average Bonchev–Trinajstić information content (AvgIpc) is 3.75. The fraction of sp³-hybridized carbons (Fsp3) is 0.618. The van der Waals surface area contributed by atoms with Gasteiger partial charge in [-0.05, 0) is 38.2 Å². The molecule has 0 radical (unpaired) electrons. The minimum Gasteiger partial charge on any atom is -0.496 e. The van der Waals surface area contributed by atoms with E-state index in [1.165, 1.54) is 38.5 Å². The maximum absolute atomic E-state index is 11.8. The highest BCUT2D eigenvalue weighted by atomic mass is 32.1. The molecule has 0 saturated carbocycles. The first kappa shape index (κ1) is 31.5. The number of nitrogens with zero attached hydrogens (tertiary/aromatic N) is 4. The van der Waals surface area contributed by atoms with Crippen molar-refractivity contribution in [3.8, 4) is 16.9 Å². The van der Waals surface area contributed by atoms with Crippen LogP contribution in [0, 0.1) is 5.92 Å². The molecule has 2 aromatic heterocycles. The monoisotopic (exact) mass is 607 g/mol. The van der Waals surface area contributed by atoms with Crippen molar-refractivity contribution in [1.82, 2.24) is 9.97 Å². The van der Waals surface area contributed by atoms with E-state index in [9.17, 15) is 4.79 Å². The van der Waals surface area contributed by atoms with Crippen LogP contribution in [0.5, 0.6) is 5.75 Å². The molecule has 2 N–H and O–H groups in total. The van der Waals surface area contributed by atoms with Crippen LogP contribution < -0.4 is 20.3 Å². The predicted molar refractivity (Wildman–Crippen MR) is 177 cm³/mol. The molecule has 3 atom stereocenters. The van der Waals surface area contributed by atoms with Gasteiger partial charge in [-0.3, -0.25) is 4.79 Å². The molecule has 43 heavy (non-hydrogen) atoms. The Balaban J connectivity index is 0.000000407. The summed E-state index contributed by atoms with van der Waals surface area (Å²) in [6.45, 7) is 5.82. The maximum Gasteiger partial charge on any atom is 0.228 e. The van der Waals surface area contributed by atoms with E-state index in [-0.39, 0.29) is 11.8 Å². The lowest BCUT2D eigenvalue weighted by Gasteiger charge is -2.40. The zero-order valence-corrected chi connectivity index (χ0v) is 27.2. The van der Waals surface area contributed by atoms with Crippen molar-refractivity contribution in [2.45, 2.75) is 103 Å². The van der Waals surface area contributed by atoms with Crippen molar-refractivity contribution < 1.29 is 14.3 Å². The highest BCUT2D eigenvalue weighted by Crippen LogP contribution is 2.47. The molecule has 1 amide bonds. The molecule has 9 heteroatoms. The summed E-state index contributed by atoms with van der Waals surface area (Å²) in [6.07, 6.45) is 13.8. The fourth-order valence-corrected chi connectivity index (χ4v) is 7.93. The number of anilines is 2. The lowest BCUT2D eigenvalue weighted by Crippen LogP contribution is -2.46. The number of rotatable bonds is 11. The molecule has 3 aliphatic heterocycles. The summed E-state index contributed by atoms with van der Waals surface area (Å²) in [6, 6.07) is 8.92. The zero-order valence-electron chi connectivity index (χ0n) is 26.4. The number of methoxy groups -OCH3 is 2. The van der Waals surface area contributed by atoms with Crippen LogP contribution in [0.1, 0.15) is 84.5 Å². The van der Waals surface area contributed by atoms with E-state index in [1.807, 2.05) is 25.3 Å². The Morgan fingerprint density at radius 2 is 1.67 bits per heavy atom. The van der Waals surface area contributed by atoms with E-state index >= 15 is 0 Å². The number of hydrogen-bond acceptors (Lipinski definition) is 8. The lowest BCUT2D eigenvalue weighted by molar-refractivity contribution is -0.121. The minimum atomic E-state index is -0.247. The number of aromatic nitrogens is 2. The highest BCUT2D eigenvalue weighted by Gasteiger charge is 2.43. The first-order chi connectivity index (χ1) is 21.0. The lowest BCUT2D eigenvalue weighted by atomic mass is 9.98. The van der Waals surface area contributed by atoms with Gasteiger partial charge in [-0.2, -0.15) is 4.98 Å². The number of nitrogens with two attached hydrogens (primary N) is 1. The van der Waals surface area contributed by atoms with Gasteiger partial charge in [-0.15, -0.1) is 11.3 Å².